The standard InChI is InChI=1S/C25H31FN2O3/c1-18-15-22(31-2)10-11-23(18)27-24(29)12-8-20-6-4-14-28(17-20)25(30)13-9-19-5-3-7-21(26)16-19/h3,5,7,10-11,15-16,20H,4,6,8-9,12-14,17H2,1-2H3,(H,27,29)/t20-/m0/s1. The number of carbonyl (C=O) groups excluding carboxylic acids is 2. The molecule has 5 nitrogen and oxygen atoms in total. The number of amides is 2. The van der Waals surface area contributed by atoms with Gasteiger partial charge in [-0.05, 0) is 80.0 Å². The molecule has 1 aliphatic rings. The number of hydrogen-bond donors (Lipinski definition) is 1. The topological polar surface area (TPSA) is 58.6 Å². The van der Waals surface area contributed by atoms with Crippen molar-refractivity contribution in [1.82, 2.24) is 4.90 Å². The van der Waals surface area contributed by atoms with Crippen molar-refractivity contribution < 1.29 is 18.7 Å². The van der Waals surface area contributed by atoms with Crippen molar-refractivity contribution in [2.45, 2.75) is 45.4 Å². The van der Waals surface area contributed by atoms with E-state index < -0.39 is 0 Å². The van der Waals surface area contributed by atoms with Crippen LogP contribution in [0, 0.1) is 18.7 Å². The molecule has 0 spiro atoms. The number of methoxy groups -OCH3 is 1. The Bertz CT molecular complexity index is 915. The van der Waals surface area contributed by atoms with Gasteiger partial charge in [0.25, 0.3) is 0 Å². The number of hydrogen-bond acceptors (Lipinski definition) is 3. The number of likely N-dealkylation sites (tertiary alicyclic amines) is 1. The third kappa shape index (κ3) is 6.81. The second-order valence-electron chi connectivity index (χ2n) is 8.25. The fourth-order valence-corrected chi connectivity index (χ4v) is 4.08. The van der Waals surface area contributed by atoms with Crippen LogP contribution < -0.4 is 10.1 Å². The van der Waals surface area contributed by atoms with E-state index in [4.69, 9.17) is 4.74 Å². The van der Waals surface area contributed by atoms with Gasteiger partial charge in [0.1, 0.15) is 11.6 Å². The SMILES string of the molecule is COc1ccc(NC(=O)CC[C@@H]2CCCN(C(=O)CCc3cccc(F)c3)C2)c(C)c1. The summed E-state index contributed by atoms with van der Waals surface area (Å²) in [4.78, 5) is 26.9. The molecule has 166 valence electrons. The maximum absolute atomic E-state index is 13.3. The molecule has 1 heterocycles. The molecule has 1 saturated heterocycles. The first-order chi connectivity index (χ1) is 14.9. The first-order valence-electron chi connectivity index (χ1n) is 10.9. The molecule has 6 heteroatoms. The van der Waals surface area contributed by atoms with E-state index in [-0.39, 0.29) is 17.6 Å². The third-order valence-electron chi connectivity index (χ3n) is 5.88. The van der Waals surface area contributed by atoms with Crippen molar-refractivity contribution in [3.05, 3.63) is 59.4 Å². The smallest absolute Gasteiger partial charge is 0.224 e. The molecule has 0 saturated carbocycles. The average molecular weight is 427 g/mol. The van der Waals surface area contributed by atoms with E-state index in [0.717, 1.165) is 48.4 Å². The highest BCUT2D eigenvalue weighted by atomic mass is 19.1. The van der Waals surface area contributed by atoms with Gasteiger partial charge >= 0.3 is 0 Å². The molecule has 2 amide bonds. The van der Waals surface area contributed by atoms with Crippen molar-refractivity contribution in [1.29, 1.82) is 0 Å². The molecule has 1 fully saturated rings. The van der Waals surface area contributed by atoms with Gasteiger partial charge in [0.2, 0.25) is 11.8 Å². The number of piperidine rings is 1. The van der Waals surface area contributed by atoms with E-state index >= 15 is 0 Å². The lowest BCUT2D eigenvalue weighted by Gasteiger charge is -2.33. The molecule has 1 N–H and O–H groups in total. The second kappa shape index (κ2) is 10.9. The summed E-state index contributed by atoms with van der Waals surface area (Å²) in [7, 11) is 1.62. The number of rotatable bonds is 8. The van der Waals surface area contributed by atoms with Gasteiger partial charge in [0.15, 0.2) is 0 Å². The summed E-state index contributed by atoms with van der Waals surface area (Å²) in [5, 5.41) is 2.97. The van der Waals surface area contributed by atoms with Gasteiger partial charge in [-0.1, -0.05) is 12.1 Å². The van der Waals surface area contributed by atoms with Crippen LogP contribution in [0.2, 0.25) is 0 Å². The molecule has 0 aromatic heterocycles. The van der Waals surface area contributed by atoms with Crippen molar-refractivity contribution in [2.75, 3.05) is 25.5 Å². The Labute approximate surface area is 183 Å². The Balaban J connectivity index is 1.43. The Morgan fingerprint density at radius 1 is 1.19 bits per heavy atom. The van der Waals surface area contributed by atoms with Gasteiger partial charge < -0.3 is 15.0 Å². The van der Waals surface area contributed by atoms with E-state index in [1.54, 1.807) is 13.2 Å². The Morgan fingerprint density at radius 2 is 2.03 bits per heavy atom. The lowest BCUT2D eigenvalue weighted by molar-refractivity contribution is -0.133. The minimum atomic E-state index is -0.272. The predicted molar refractivity (Wildman–Crippen MR) is 120 cm³/mol. The molecule has 0 radical (unpaired) electrons. The molecule has 0 bridgehead atoms. The highest BCUT2D eigenvalue weighted by Crippen LogP contribution is 2.24. The van der Waals surface area contributed by atoms with E-state index in [9.17, 15) is 14.0 Å². The maximum Gasteiger partial charge on any atom is 0.224 e. The number of halogens is 1. The van der Waals surface area contributed by atoms with Gasteiger partial charge in [-0.25, -0.2) is 4.39 Å². The second-order valence-corrected chi connectivity index (χ2v) is 8.25. The van der Waals surface area contributed by atoms with Crippen molar-refractivity contribution in [3.63, 3.8) is 0 Å². The fourth-order valence-electron chi connectivity index (χ4n) is 4.08. The summed E-state index contributed by atoms with van der Waals surface area (Å²) in [6.45, 7) is 3.39. The Morgan fingerprint density at radius 3 is 2.77 bits per heavy atom. The number of nitrogens with zero attached hydrogens (tertiary/aromatic N) is 1. The summed E-state index contributed by atoms with van der Waals surface area (Å²) in [6, 6.07) is 12.0. The first kappa shape index (κ1) is 22.8. The monoisotopic (exact) mass is 426 g/mol. The van der Waals surface area contributed by atoms with Crippen LogP contribution in [0.4, 0.5) is 10.1 Å². The normalized spacial score (nSPS) is 16.1. The van der Waals surface area contributed by atoms with Crippen LogP contribution in [0.25, 0.3) is 0 Å². The maximum atomic E-state index is 13.3. The molecule has 0 unspecified atom stereocenters. The summed E-state index contributed by atoms with van der Waals surface area (Å²) in [5.41, 5.74) is 2.59. The van der Waals surface area contributed by atoms with Crippen LogP contribution in [-0.4, -0.2) is 36.9 Å². The van der Waals surface area contributed by atoms with Crippen LogP contribution in [0.15, 0.2) is 42.5 Å². The molecule has 31 heavy (non-hydrogen) atoms. The summed E-state index contributed by atoms with van der Waals surface area (Å²) in [5.74, 6) is 0.913. The number of nitrogens with one attached hydrogen (secondary N) is 1. The lowest BCUT2D eigenvalue weighted by Crippen LogP contribution is -2.40. The third-order valence-corrected chi connectivity index (χ3v) is 5.88. The minimum Gasteiger partial charge on any atom is -0.497 e. The number of anilines is 1. The van der Waals surface area contributed by atoms with E-state index in [1.807, 2.05) is 36.1 Å². The highest BCUT2D eigenvalue weighted by molar-refractivity contribution is 5.91. The minimum absolute atomic E-state index is 0.0113. The van der Waals surface area contributed by atoms with E-state index in [1.165, 1.54) is 12.1 Å². The average Bonchev–Trinajstić information content (AvgIpc) is 2.77. The van der Waals surface area contributed by atoms with Crippen LogP contribution in [-0.2, 0) is 16.0 Å². The molecular weight excluding hydrogens is 395 g/mol. The number of carbonyl (C=O) groups is 2. The molecule has 1 atom stereocenters. The van der Waals surface area contributed by atoms with Gasteiger partial charge in [0.05, 0.1) is 7.11 Å². The van der Waals surface area contributed by atoms with Gasteiger partial charge in [-0.2, -0.15) is 0 Å². The number of aryl methyl sites for hydroxylation is 2. The van der Waals surface area contributed by atoms with Gasteiger partial charge in [-0.15, -0.1) is 0 Å². The molecule has 1 aliphatic heterocycles. The summed E-state index contributed by atoms with van der Waals surface area (Å²) in [6.07, 6.45) is 4.10. The predicted octanol–water partition coefficient (Wildman–Crippen LogP) is 4.73. The number of benzene rings is 2. The van der Waals surface area contributed by atoms with Crippen molar-refractivity contribution in [2.24, 2.45) is 5.92 Å². The largest absolute Gasteiger partial charge is 0.497 e. The quantitative estimate of drug-likeness (QED) is 0.664. The Hall–Kier alpha value is -2.89. The molecule has 3 rings (SSSR count). The molecule has 0 aliphatic carbocycles. The van der Waals surface area contributed by atoms with Crippen LogP contribution in [0.5, 0.6) is 5.75 Å². The highest BCUT2D eigenvalue weighted by Gasteiger charge is 2.24. The van der Waals surface area contributed by atoms with Gasteiger partial charge in [-0.3, -0.25) is 9.59 Å². The Kier molecular flexibility index (Phi) is 8.04. The van der Waals surface area contributed by atoms with E-state index in [0.29, 0.717) is 31.7 Å². The van der Waals surface area contributed by atoms with Crippen LogP contribution >= 0.6 is 0 Å². The molecule has 2 aromatic rings. The first-order valence-corrected chi connectivity index (χ1v) is 10.9. The van der Waals surface area contributed by atoms with Gasteiger partial charge in [0, 0.05) is 31.6 Å². The fraction of sp³-hybridized carbons (Fsp3) is 0.440. The van der Waals surface area contributed by atoms with Crippen molar-refractivity contribution >= 4 is 17.5 Å². The van der Waals surface area contributed by atoms with Crippen LogP contribution in [0.3, 0.4) is 0 Å². The zero-order chi connectivity index (χ0) is 22.2. The van der Waals surface area contributed by atoms with E-state index in [2.05, 4.69) is 5.32 Å². The van der Waals surface area contributed by atoms with Crippen molar-refractivity contribution in [3.8, 4) is 5.75 Å². The number of ether oxygens (including phenoxy) is 1. The molecular formula is C25H31FN2O3. The lowest BCUT2D eigenvalue weighted by atomic mass is 9.93. The summed E-state index contributed by atoms with van der Waals surface area (Å²) >= 11 is 0. The van der Waals surface area contributed by atoms with Crippen LogP contribution in [0.1, 0.15) is 43.2 Å². The zero-order valence-electron chi connectivity index (χ0n) is 18.3. The molecule has 2 aromatic carbocycles. The zero-order valence-corrected chi connectivity index (χ0v) is 18.3. The summed E-state index contributed by atoms with van der Waals surface area (Å²) < 4.78 is 18.5.